The first-order chi connectivity index (χ1) is 12.8. The van der Waals surface area contributed by atoms with Gasteiger partial charge in [0.25, 0.3) is 0 Å². The molecule has 2 aliphatic heterocycles. The van der Waals surface area contributed by atoms with Gasteiger partial charge >= 0.3 is 0 Å². The van der Waals surface area contributed by atoms with Crippen molar-refractivity contribution in [3.63, 3.8) is 0 Å². The molecule has 1 atom stereocenters. The maximum atomic E-state index is 12.5. The molecule has 3 aliphatic rings. The topological polar surface area (TPSA) is 36.0 Å². The number of rotatable bonds is 4. The molecule has 0 N–H and O–H groups in total. The number of carbonyl (C=O) groups excluding carboxylic acids is 1. The van der Waals surface area contributed by atoms with Crippen LogP contribution in [-0.4, -0.2) is 85.7 Å². The lowest BCUT2D eigenvalue weighted by Crippen LogP contribution is -2.53. The molecular formula is C21H31N3O2. The van der Waals surface area contributed by atoms with Crippen LogP contribution in [0.1, 0.15) is 24.0 Å². The second-order valence-electron chi connectivity index (χ2n) is 7.79. The maximum absolute atomic E-state index is 12.5. The van der Waals surface area contributed by atoms with E-state index in [1.54, 1.807) is 0 Å². The van der Waals surface area contributed by atoms with Crippen molar-refractivity contribution >= 4 is 5.91 Å². The van der Waals surface area contributed by atoms with Crippen molar-refractivity contribution in [2.24, 2.45) is 0 Å². The van der Waals surface area contributed by atoms with Gasteiger partial charge in [-0.05, 0) is 30.4 Å². The van der Waals surface area contributed by atoms with Crippen molar-refractivity contribution in [3.8, 4) is 0 Å². The fourth-order valence-electron chi connectivity index (χ4n) is 4.56. The van der Waals surface area contributed by atoms with Gasteiger partial charge in [-0.25, -0.2) is 0 Å². The summed E-state index contributed by atoms with van der Waals surface area (Å²) in [7, 11) is 0. The Hall–Kier alpha value is -1.43. The Labute approximate surface area is 156 Å². The predicted octanol–water partition coefficient (Wildman–Crippen LogP) is 1.41. The van der Waals surface area contributed by atoms with Gasteiger partial charge in [-0.15, -0.1) is 0 Å². The number of carbonyl (C=O) groups is 1. The van der Waals surface area contributed by atoms with Crippen LogP contribution < -0.4 is 0 Å². The number of nitrogens with zero attached hydrogens (tertiary/aromatic N) is 3. The lowest BCUT2D eigenvalue weighted by molar-refractivity contribution is -0.133. The molecule has 2 saturated heterocycles. The Morgan fingerprint density at radius 3 is 2.50 bits per heavy atom. The van der Waals surface area contributed by atoms with E-state index in [0.717, 1.165) is 59.0 Å². The van der Waals surface area contributed by atoms with E-state index in [-0.39, 0.29) is 0 Å². The monoisotopic (exact) mass is 357 g/mol. The summed E-state index contributed by atoms with van der Waals surface area (Å²) in [5, 5.41) is 0. The summed E-state index contributed by atoms with van der Waals surface area (Å²) < 4.78 is 5.37. The number of hydrogen-bond acceptors (Lipinski definition) is 4. The summed E-state index contributed by atoms with van der Waals surface area (Å²) in [6.45, 7) is 8.23. The van der Waals surface area contributed by atoms with E-state index in [1.165, 1.54) is 30.4 Å². The first kappa shape index (κ1) is 18.0. The number of hydrogen-bond donors (Lipinski definition) is 0. The maximum Gasteiger partial charge on any atom is 0.223 e. The van der Waals surface area contributed by atoms with E-state index in [0.29, 0.717) is 18.4 Å². The number of amides is 1. The molecule has 1 aromatic carbocycles. The summed E-state index contributed by atoms with van der Waals surface area (Å²) >= 11 is 0. The fourth-order valence-corrected chi connectivity index (χ4v) is 4.56. The van der Waals surface area contributed by atoms with Crippen LogP contribution in [0.4, 0.5) is 0 Å². The normalized spacial score (nSPS) is 25.1. The first-order valence-electron chi connectivity index (χ1n) is 10.2. The van der Waals surface area contributed by atoms with Gasteiger partial charge in [-0.1, -0.05) is 24.3 Å². The number of fused-ring (bicyclic) bond motifs is 1. The number of piperazine rings is 1. The van der Waals surface area contributed by atoms with Gasteiger partial charge in [0.1, 0.15) is 0 Å². The summed E-state index contributed by atoms with van der Waals surface area (Å²) in [5.41, 5.74) is 3.05. The molecule has 142 valence electrons. The van der Waals surface area contributed by atoms with E-state index >= 15 is 0 Å². The second kappa shape index (κ2) is 8.51. The molecule has 2 fully saturated rings. The van der Waals surface area contributed by atoms with Crippen LogP contribution >= 0.6 is 0 Å². The number of aryl methyl sites for hydroxylation is 1. The third kappa shape index (κ3) is 4.27. The standard InChI is InChI=1S/C21H31N3O2/c25-21(7-8-22-13-15-26-16-14-22)24-11-9-23(10-12-24)20-6-5-18-3-1-2-4-19(18)17-20/h1-4,20H,5-17H2. The zero-order chi connectivity index (χ0) is 17.8. The lowest BCUT2D eigenvalue weighted by atomic mass is 9.87. The quantitative estimate of drug-likeness (QED) is 0.816. The molecule has 0 spiro atoms. The number of ether oxygens (including phenoxy) is 1. The highest BCUT2D eigenvalue weighted by Gasteiger charge is 2.28. The largest absolute Gasteiger partial charge is 0.379 e. The lowest BCUT2D eigenvalue weighted by Gasteiger charge is -2.41. The minimum atomic E-state index is 0.324. The summed E-state index contributed by atoms with van der Waals surface area (Å²) in [6, 6.07) is 9.52. The highest BCUT2D eigenvalue weighted by Crippen LogP contribution is 2.25. The van der Waals surface area contributed by atoms with Crippen molar-refractivity contribution in [1.82, 2.24) is 14.7 Å². The van der Waals surface area contributed by atoms with E-state index in [9.17, 15) is 4.79 Å². The molecule has 1 aromatic rings. The van der Waals surface area contributed by atoms with Gasteiger partial charge in [-0.2, -0.15) is 0 Å². The molecule has 0 bridgehead atoms. The molecular weight excluding hydrogens is 326 g/mol. The van der Waals surface area contributed by atoms with Crippen molar-refractivity contribution in [2.75, 3.05) is 59.0 Å². The van der Waals surface area contributed by atoms with Crippen LogP contribution in [-0.2, 0) is 22.4 Å². The van der Waals surface area contributed by atoms with Crippen molar-refractivity contribution < 1.29 is 9.53 Å². The average Bonchev–Trinajstić information content (AvgIpc) is 2.72. The van der Waals surface area contributed by atoms with Crippen LogP contribution in [0.25, 0.3) is 0 Å². The Balaban J connectivity index is 1.22. The molecule has 5 nitrogen and oxygen atoms in total. The van der Waals surface area contributed by atoms with Gasteiger partial charge in [0.2, 0.25) is 5.91 Å². The Bertz CT molecular complexity index is 607. The van der Waals surface area contributed by atoms with Gasteiger partial charge in [0, 0.05) is 58.3 Å². The molecule has 1 unspecified atom stereocenters. The van der Waals surface area contributed by atoms with Crippen LogP contribution in [0, 0.1) is 0 Å². The van der Waals surface area contributed by atoms with Gasteiger partial charge in [0.05, 0.1) is 13.2 Å². The zero-order valence-electron chi connectivity index (χ0n) is 15.7. The SMILES string of the molecule is O=C(CCN1CCOCC1)N1CCN(C2CCc3ccccc3C2)CC1. The molecule has 1 amide bonds. The molecule has 0 aromatic heterocycles. The Morgan fingerprint density at radius 2 is 1.73 bits per heavy atom. The molecule has 0 radical (unpaired) electrons. The highest BCUT2D eigenvalue weighted by molar-refractivity contribution is 5.76. The van der Waals surface area contributed by atoms with E-state index in [1.807, 2.05) is 0 Å². The third-order valence-corrected chi connectivity index (χ3v) is 6.25. The third-order valence-electron chi connectivity index (χ3n) is 6.25. The Morgan fingerprint density at radius 1 is 1.00 bits per heavy atom. The summed E-state index contributed by atoms with van der Waals surface area (Å²) in [4.78, 5) is 19.6. The molecule has 26 heavy (non-hydrogen) atoms. The van der Waals surface area contributed by atoms with E-state index in [4.69, 9.17) is 4.74 Å². The van der Waals surface area contributed by atoms with Crippen molar-refractivity contribution in [3.05, 3.63) is 35.4 Å². The van der Waals surface area contributed by atoms with Gasteiger partial charge in [0.15, 0.2) is 0 Å². The molecule has 0 saturated carbocycles. The predicted molar refractivity (Wildman–Crippen MR) is 102 cm³/mol. The molecule has 4 rings (SSSR count). The zero-order valence-corrected chi connectivity index (χ0v) is 15.7. The van der Waals surface area contributed by atoms with Crippen LogP contribution in [0.15, 0.2) is 24.3 Å². The van der Waals surface area contributed by atoms with Crippen LogP contribution in [0.3, 0.4) is 0 Å². The van der Waals surface area contributed by atoms with E-state index < -0.39 is 0 Å². The summed E-state index contributed by atoms with van der Waals surface area (Å²) in [6.07, 6.45) is 4.26. The van der Waals surface area contributed by atoms with Crippen molar-refractivity contribution in [2.45, 2.75) is 31.7 Å². The van der Waals surface area contributed by atoms with Crippen LogP contribution in [0.5, 0.6) is 0 Å². The number of morpholine rings is 1. The molecule has 1 aliphatic carbocycles. The number of benzene rings is 1. The Kier molecular flexibility index (Phi) is 5.88. The molecule has 5 heteroatoms. The second-order valence-corrected chi connectivity index (χ2v) is 7.79. The molecule has 2 heterocycles. The minimum Gasteiger partial charge on any atom is -0.379 e. The smallest absolute Gasteiger partial charge is 0.223 e. The first-order valence-corrected chi connectivity index (χ1v) is 10.2. The van der Waals surface area contributed by atoms with Crippen molar-refractivity contribution in [1.29, 1.82) is 0 Å². The summed E-state index contributed by atoms with van der Waals surface area (Å²) in [5.74, 6) is 0.324. The van der Waals surface area contributed by atoms with Crippen LogP contribution in [0.2, 0.25) is 0 Å². The van der Waals surface area contributed by atoms with Gasteiger partial charge < -0.3 is 9.64 Å². The fraction of sp³-hybridized carbons (Fsp3) is 0.667. The van der Waals surface area contributed by atoms with Gasteiger partial charge in [-0.3, -0.25) is 14.6 Å². The highest BCUT2D eigenvalue weighted by atomic mass is 16.5. The van der Waals surface area contributed by atoms with E-state index in [2.05, 4.69) is 39.0 Å². The minimum absolute atomic E-state index is 0.324. The average molecular weight is 357 g/mol.